The zero-order valence-corrected chi connectivity index (χ0v) is 13.1. The zero-order chi connectivity index (χ0) is 13.8. The molecular weight excluding hydrogens is 374 g/mol. The lowest BCUT2D eigenvalue weighted by Crippen LogP contribution is -2.14. The van der Waals surface area contributed by atoms with E-state index < -0.39 is 11.9 Å². The summed E-state index contributed by atoms with van der Waals surface area (Å²) in [5, 5.41) is 9.38. The molecule has 19 heavy (non-hydrogen) atoms. The van der Waals surface area contributed by atoms with E-state index in [-0.39, 0.29) is 0 Å². The maximum absolute atomic E-state index is 11.4. The molecule has 98 valence electrons. The maximum atomic E-state index is 11.4. The van der Waals surface area contributed by atoms with Crippen LogP contribution in [0, 0.1) is 0 Å². The van der Waals surface area contributed by atoms with Crippen molar-refractivity contribution in [3.05, 3.63) is 62.8 Å². The van der Waals surface area contributed by atoms with Gasteiger partial charge in [-0.2, -0.15) is 0 Å². The first kappa shape index (κ1) is 14.2. The largest absolute Gasteiger partial charge is 0.481 e. The number of rotatable bonds is 4. The summed E-state index contributed by atoms with van der Waals surface area (Å²) in [7, 11) is 0. The van der Waals surface area contributed by atoms with Crippen LogP contribution >= 0.6 is 31.9 Å². The second-order valence-electron chi connectivity index (χ2n) is 4.16. The van der Waals surface area contributed by atoms with Gasteiger partial charge in [0.05, 0.1) is 5.92 Å². The Labute approximate surface area is 127 Å². The number of hydrogen-bond donors (Lipinski definition) is 1. The van der Waals surface area contributed by atoms with Crippen LogP contribution in [0.1, 0.15) is 17.0 Å². The average molecular weight is 385 g/mol. The van der Waals surface area contributed by atoms with Gasteiger partial charge >= 0.3 is 5.97 Å². The molecule has 1 heterocycles. The highest BCUT2D eigenvalue weighted by molar-refractivity contribution is 9.10. The molecule has 0 fully saturated rings. The smallest absolute Gasteiger partial charge is 0.311 e. The van der Waals surface area contributed by atoms with Gasteiger partial charge in [0, 0.05) is 21.3 Å². The predicted molar refractivity (Wildman–Crippen MR) is 80.2 cm³/mol. The number of aliphatic carboxylic acids is 1. The molecule has 0 saturated heterocycles. The van der Waals surface area contributed by atoms with Crippen molar-refractivity contribution in [1.29, 1.82) is 0 Å². The number of carbonyl (C=O) groups is 1. The van der Waals surface area contributed by atoms with Crippen LogP contribution in [0.4, 0.5) is 0 Å². The number of pyridine rings is 1. The van der Waals surface area contributed by atoms with Gasteiger partial charge in [0.2, 0.25) is 0 Å². The normalized spacial score (nSPS) is 12.1. The molecule has 1 unspecified atom stereocenters. The molecule has 0 aliphatic carbocycles. The van der Waals surface area contributed by atoms with Gasteiger partial charge < -0.3 is 5.11 Å². The Hall–Kier alpha value is -1.20. The fourth-order valence-corrected chi connectivity index (χ4v) is 2.52. The fraction of sp³-hybridized carbons (Fsp3) is 0.143. The standard InChI is InChI=1S/C14H11Br2NO2/c15-11-3-1-10(2-4-11)13(14(18)19)6-9-5-12(16)8-17-7-9/h1-5,7-8,13H,6H2,(H,18,19). The lowest BCUT2D eigenvalue weighted by Gasteiger charge is -2.13. The molecule has 1 aromatic heterocycles. The van der Waals surface area contributed by atoms with Crippen LogP contribution in [0.5, 0.6) is 0 Å². The van der Waals surface area contributed by atoms with Gasteiger partial charge in [0.25, 0.3) is 0 Å². The SMILES string of the molecule is O=C(O)C(Cc1cncc(Br)c1)c1ccc(Br)cc1. The summed E-state index contributed by atoms with van der Waals surface area (Å²) in [4.78, 5) is 15.5. The molecule has 0 aliphatic heterocycles. The third kappa shape index (κ3) is 3.88. The van der Waals surface area contributed by atoms with Crippen LogP contribution in [0.2, 0.25) is 0 Å². The molecule has 0 amide bonds. The third-order valence-corrected chi connectivity index (χ3v) is 3.73. The van der Waals surface area contributed by atoms with Crippen LogP contribution in [0.25, 0.3) is 0 Å². The number of carboxylic acids is 1. The highest BCUT2D eigenvalue weighted by Crippen LogP contribution is 2.24. The Morgan fingerprint density at radius 3 is 2.42 bits per heavy atom. The van der Waals surface area contributed by atoms with E-state index in [1.807, 2.05) is 30.3 Å². The molecule has 0 aliphatic rings. The minimum Gasteiger partial charge on any atom is -0.481 e. The first-order valence-electron chi connectivity index (χ1n) is 5.64. The summed E-state index contributed by atoms with van der Waals surface area (Å²) in [6.45, 7) is 0. The van der Waals surface area contributed by atoms with Crippen molar-refractivity contribution in [1.82, 2.24) is 4.98 Å². The molecule has 2 rings (SSSR count). The molecule has 2 aromatic rings. The van der Waals surface area contributed by atoms with Gasteiger partial charge in [-0.05, 0) is 51.7 Å². The van der Waals surface area contributed by atoms with Crippen LogP contribution in [0.15, 0.2) is 51.7 Å². The van der Waals surface area contributed by atoms with Crippen molar-refractivity contribution in [2.75, 3.05) is 0 Å². The van der Waals surface area contributed by atoms with Crippen LogP contribution in [-0.2, 0) is 11.2 Å². The van der Waals surface area contributed by atoms with E-state index in [4.69, 9.17) is 0 Å². The Morgan fingerprint density at radius 1 is 1.16 bits per heavy atom. The molecule has 0 spiro atoms. The van der Waals surface area contributed by atoms with Crippen molar-refractivity contribution in [3.63, 3.8) is 0 Å². The number of benzene rings is 1. The molecule has 1 aromatic carbocycles. The van der Waals surface area contributed by atoms with E-state index in [0.717, 1.165) is 20.1 Å². The number of halogens is 2. The van der Waals surface area contributed by atoms with Crippen LogP contribution in [0.3, 0.4) is 0 Å². The van der Waals surface area contributed by atoms with E-state index in [0.29, 0.717) is 6.42 Å². The van der Waals surface area contributed by atoms with Crippen molar-refractivity contribution >= 4 is 37.8 Å². The summed E-state index contributed by atoms with van der Waals surface area (Å²) in [6.07, 6.45) is 3.79. The van der Waals surface area contributed by atoms with Gasteiger partial charge in [-0.1, -0.05) is 28.1 Å². The third-order valence-electron chi connectivity index (χ3n) is 2.77. The number of aromatic nitrogens is 1. The van der Waals surface area contributed by atoms with Gasteiger partial charge in [-0.3, -0.25) is 9.78 Å². The van der Waals surface area contributed by atoms with Crippen LogP contribution in [-0.4, -0.2) is 16.1 Å². The zero-order valence-electron chi connectivity index (χ0n) is 9.88. The predicted octanol–water partition coefficient (Wildman–Crippen LogP) is 4.02. The van der Waals surface area contributed by atoms with Gasteiger partial charge in [0.1, 0.15) is 0 Å². The average Bonchev–Trinajstić information content (AvgIpc) is 2.37. The Balaban J connectivity index is 2.26. The molecule has 5 heteroatoms. The lowest BCUT2D eigenvalue weighted by atomic mass is 9.93. The van der Waals surface area contributed by atoms with E-state index in [1.54, 1.807) is 12.4 Å². The Bertz CT molecular complexity index is 584. The topological polar surface area (TPSA) is 50.2 Å². The first-order valence-corrected chi connectivity index (χ1v) is 7.22. The Kier molecular flexibility index (Phi) is 4.71. The summed E-state index contributed by atoms with van der Waals surface area (Å²) in [5.41, 5.74) is 1.68. The molecule has 3 nitrogen and oxygen atoms in total. The van der Waals surface area contributed by atoms with Gasteiger partial charge in [-0.15, -0.1) is 0 Å². The lowest BCUT2D eigenvalue weighted by molar-refractivity contribution is -0.138. The van der Waals surface area contributed by atoms with Crippen molar-refractivity contribution < 1.29 is 9.90 Å². The minimum absolute atomic E-state index is 0.420. The summed E-state index contributed by atoms with van der Waals surface area (Å²) in [6, 6.07) is 9.25. The van der Waals surface area contributed by atoms with Crippen molar-refractivity contribution in [2.45, 2.75) is 12.3 Å². The number of carboxylic acid groups (broad SMARTS) is 1. The van der Waals surface area contributed by atoms with Crippen molar-refractivity contribution in [3.8, 4) is 0 Å². The highest BCUT2D eigenvalue weighted by atomic mass is 79.9. The van der Waals surface area contributed by atoms with Gasteiger partial charge in [0.15, 0.2) is 0 Å². The summed E-state index contributed by atoms with van der Waals surface area (Å²) < 4.78 is 1.79. The monoisotopic (exact) mass is 383 g/mol. The molecule has 0 saturated carbocycles. The van der Waals surface area contributed by atoms with E-state index >= 15 is 0 Å². The number of nitrogens with zero attached hydrogens (tertiary/aromatic N) is 1. The number of hydrogen-bond acceptors (Lipinski definition) is 2. The Morgan fingerprint density at radius 2 is 1.84 bits per heavy atom. The summed E-state index contributed by atoms with van der Waals surface area (Å²) in [5.74, 6) is -1.40. The van der Waals surface area contributed by atoms with E-state index in [9.17, 15) is 9.90 Å². The van der Waals surface area contributed by atoms with E-state index in [2.05, 4.69) is 36.8 Å². The van der Waals surface area contributed by atoms with Crippen LogP contribution < -0.4 is 0 Å². The molecule has 1 atom stereocenters. The summed E-state index contributed by atoms with van der Waals surface area (Å²) >= 11 is 6.68. The quantitative estimate of drug-likeness (QED) is 0.866. The maximum Gasteiger partial charge on any atom is 0.311 e. The second kappa shape index (κ2) is 6.30. The fourth-order valence-electron chi connectivity index (χ4n) is 1.85. The molecule has 1 N–H and O–H groups in total. The van der Waals surface area contributed by atoms with Crippen molar-refractivity contribution in [2.24, 2.45) is 0 Å². The highest BCUT2D eigenvalue weighted by Gasteiger charge is 2.20. The molecule has 0 bridgehead atoms. The first-order chi connectivity index (χ1) is 9.06. The minimum atomic E-state index is -0.831. The van der Waals surface area contributed by atoms with Gasteiger partial charge in [-0.25, -0.2) is 0 Å². The molecule has 0 radical (unpaired) electrons. The second-order valence-corrected chi connectivity index (χ2v) is 5.99. The molecular formula is C14H11Br2NO2. The van der Waals surface area contributed by atoms with E-state index in [1.165, 1.54) is 0 Å².